The minimum atomic E-state index is -3.71. The van der Waals surface area contributed by atoms with Gasteiger partial charge in [0.15, 0.2) is 11.5 Å². The Kier molecular flexibility index (Phi) is 5.69. The normalized spacial score (nSPS) is 14.0. The van der Waals surface area contributed by atoms with Crippen LogP contribution in [0, 0.1) is 13.8 Å². The molecular formula is C20H21F2N3O4. The highest BCUT2D eigenvalue weighted by atomic mass is 19.3. The van der Waals surface area contributed by atoms with Crippen molar-refractivity contribution >= 4 is 23.2 Å². The smallest absolute Gasteiger partial charge is 0.395 e. The first-order valence-electron chi connectivity index (χ1n) is 8.87. The molecule has 1 aliphatic rings. The van der Waals surface area contributed by atoms with Crippen molar-refractivity contribution in [3.05, 3.63) is 47.5 Å². The van der Waals surface area contributed by atoms with Crippen LogP contribution >= 0.6 is 0 Å². The maximum atomic E-state index is 13.1. The van der Waals surface area contributed by atoms with Gasteiger partial charge in [-0.05, 0) is 50.2 Å². The number of ether oxygens (including phenoxy) is 2. The molecule has 2 aromatic carbocycles. The Morgan fingerprint density at radius 1 is 1.00 bits per heavy atom. The maximum absolute atomic E-state index is 13.1. The topological polar surface area (TPSA) is 79.9 Å². The van der Waals surface area contributed by atoms with Crippen LogP contribution in [-0.4, -0.2) is 43.1 Å². The Labute approximate surface area is 166 Å². The van der Waals surface area contributed by atoms with Crippen molar-refractivity contribution in [2.45, 2.75) is 20.1 Å². The molecule has 29 heavy (non-hydrogen) atoms. The summed E-state index contributed by atoms with van der Waals surface area (Å²) in [5, 5.41) is 5.40. The quantitative estimate of drug-likeness (QED) is 0.772. The summed E-state index contributed by atoms with van der Waals surface area (Å²) in [5.74, 6) is -0.917. The van der Waals surface area contributed by atoms with E-state index in [0.29, 0.717) is 0 Å². The third-order valence-corrected chi connectivity index (χ3v) is 4.39. The first kappa shape index (κ1) is 20.5. The number of hydrogen-bond acceptors (Lipinski definition) is 5. The lowest BCUT2D eigenvalue weighted by molar-refractivity contribution is -0.286. The first-order valence-corrected chi connectivity index (χ1v) is 8.87. The fourth-order valence-electron chi connectivity index (χ4n) is 2.85. The van der Waals surface area contributed by atoms with Crippen molar-refractivity contribution in [2.24, 2.45) is 0 Å². The van der Waals surface area contributed by atoms with Gasteiger partial charge in [0.05, 0.1) is 13.1 Å². The molecule has 154 valence electrons. The van der Waals surface area contributed by atoms with Crippen LogP contribution in [-0.2, 0) is 9.59 Å². The summed E-state index contributed by atoms with van der Waals surface area (Å²) in [6.45, 7) is 3.82. The summed E-state index contributed by atoms with van der Waals surface area (Å²) in [6.07, 6.45) is -3.71. The highest BCUT2D eigenvalue weighted by molar-refractivity contribution is 5.95. The minimum Gasteiger partial charge on any atom is -0.395 e. The van der Waals surface area contributed by atoms with E-state index in [2.05, 4.69) is 20.1 Å². The Morgan fingerprint density at radius 3 is 2.38 bits per heavy atom. The molecule has 9 heteroatoms. The molecule has 0 aliphatic carbocycles. The SMILES string of the molecule is Cc1cccc(NC(=O)CN(C)CC(=O)Nc2ccc3c(c2)OC(F)(F)O3)c1C. The number of nitrogens with one attached hydrogen (secondary N) is 2. The summed E-state index contributed by atoms with van der Waals surface area (Å²) in [4.78, 5) is 26.0. The van der Waals surface area contributed by atoms with E-state index in [1.54, 1.807) is 7.05 Å². The van der Waals surface area contributed by atoms with Crippen molar-refractivity contribution in [3.8, 4) is 11.5 Å². The number of halogens is 2. The number of nitrogens with zero attached hydrogens (tertiary/aromatic N) is 1. The zero-order valence-electron chi connectivity index (χ0n) is 16.2. The molecule has 2 aromatic rings. The Bertz CT molecular complexity index is 949. The number of fused-ring (bicyclic) bond motifs is 1. The molecule has 0 unspecified atom stereocenters. The van der Waals surface area contributed by atoms with Crippen LogP contribution in [0.3, 0.4) is 0 Å². The van der Waals surface area contributed by atoms with Gasteiger partial charge in [-0.3, -0.25) is 14.5 Å². The number of amides is 2. The van der Waals surface area contributed by atoms with Crippen molar-refractivity contribution in [1.29, 1.82) is 0 Å². The monoisotopic (exact) mass is 405 g/mol. The van der Waals surface area contributed by atoms with Crippen LogP contribution in [0.25, 0.3) is 0 Å². The molecule has 0 saturated heterocycles. The van der Waals surface area contributed by atoms with Gasteiger partial charge in [-0.15, -0.1) is 8.78 Å². The van der Waals surface area contributed by atoms with E-state index in [0.717, 1.165) is 16.8 Å². The molecule has 3 rings (SSSR count). The number of likely N-dealkylation sites (N-methyl/N-ethyl adjacent to an activating group) is 1. The predicted molar refractivity (Wildman–Crippen MR) is 103 cm³/mol. The van der Waals surface area contributed by atoms with Crippen LogP contribution in [0.1, 0.15) is 11.1 Å². The number of carbonyl (C=O) groups is 2. The van der Waals surface area contributed by atoms with E-state index < -0.39 is 12.2 Å². The maximum Gasteiger partial charge on any atom is 0.586 e. The predicted octanol–water partition coefficient (Wildman–Crippen LogP) is 3.13. The van der Waals surface area contributed by atoms with E-state index in [9.17, 15) is 18.4 Å². The summed E-state index contributed by atoms with van der Waals surface area (Å²) in [7, 11) is 1.63. The molecule has 0 radical (unpaired) electrons. The van der Waals surface area contributed by atoms with Crippen LogP contribution in [0.2, 0.25) is 0 Å². The van der Waals surface area contributed by atoms with Gasteiger partial charge in [0.25, 0.3) is 0 Å². The van der Waals surface area contributed by atoms with Gasteiger partial charge >= 0.3 is 6.29 Å². The van der Waals surface area contributed by atoms with Crippen molar-refractivity contribution in [1.82, 2.24) is 4.90 Å². The largest absolute Gasteiger partial charge is 0.586 e. The summed E-state index contributed by atoms with van der Waals surface area (Å²) in [6, 6.07) is 9.59. The van der Waals surface area contributed by atoms with Gasteiger partial charge in [-0.25, -0.2) is 0 Å². The molecule has 2 amide bonds. The van der Waals surface area contributed by atoms with Gasteiger partial charge in [0.2, 0.25) is 11.8 Å². The summed E-state index contributed by atoms with van der Waals surface area (Å²) in [5.41, 5.74) is 3.06. The van der Waals surface area contributed by atoms with E-state index in [4.69, 9.17) is 0 Å². The second-order valence-corrected chi connectivity index (χ2v) is 6.85. The van der Waals surface area contributed by atoms with E-state index in [1.807, 2.05) is 32.0 Å². The van der Waals surface area contributed by atoms with E-state index in [1.165, 1.54) is 23.1 Å². The lowest BCUT2D eigenvalue weighted by Crippen LogP contribution is -2.36. The number of hydrogen-bond donors (Lipinski definition) is 2. The Morgan fingerprint density at radius 2 is 1.66 bits per heavy atom. The number of alkyl halides is 2. The fraction of sp³-hybridized carbons (Fsp3) is 0.300. The zero-order chi connectivity index (χ0) is 21.2. The molecular weight excluding hydrogens is 384 g/mol. The summed E-state index contributed by atoms with van der Waals surface area (Å²) < 4.78 is 34.8. The second kappa shape index (κ2) is 8.04. The third-order valence-electron chi connectivity index (χ3n) is 4.39. The zero-order valence-corrected chi connectivity index (χ0v) is 16.2. The molecule has 0 bridgehead atoms. The van der Waals surface area contributed by atoms with Gasteiger partial charge in [0.1, 0.15) is 0 Å². The average Bonchev–Trinajstić information content (AvgIpc) is 2.91. The summed E-state index contributed by atoms with van der Waals surface area (Å²) >= 11 is 0. The molecule has 2 N–H and O–H groups in total. The van der Waals surface area contributed by atoms with E-state index >= 15 is 0 Å². The van der Waals surface area contributed by atoms with Gasteiger partial charge in [0, 0.05) is 17.4 Å². The lowest BCUT2D eigenvalue weighted by Gasteiger charge is -2.17. The Balaban J connectivity index is 1.51. The second-order valence-electron chi connectivity index (χ2n) is 6.85. The first-order chi connectivity index (χ1) is 13.6. The minimum absolute atomic E-state index is 0.00810. The van der Waals surface area contributed by atoms with Crippen LogP contribution in [0.4, 0.5) is 20.2 Å². The molecule has 0 spiro atoms. The highest BCUT2D eigenvalue weighted by Gasteiger charge is 2.43. The van der Waals surface area contributed by atoms with Crippen LogP contribution in [0.5, 0.6) is 11.5 Å². The van der Waals surface area contributed by atoms with Crippen molar-refractivity contribution in [3.63, 3.8) is 0 Å². The standard InChI is InChI=1S/C20H21F2N3O4/c1-12-5-4-6-15(13(12)2)24-19(27)11-25(3)10-18(26)23-14-7-8-16-17(9-14)29-20(21,22)28-16/h4-9H,10-11H2,1-3H3,(H,23,26)(H,24,27). The van der Waals surface area contributed by atoms with Gasteiger partial charge in [-0.1, -0.05) is 12.1 Å². The van der Waals surface area contributed by atoms with Gasteiger partial charge < -0.3 is 20.1 Å². The van der Waals surface area contributed by atoms with Crippen molar-refractivity contribution in [2.75, 3.05) is 30.8 Å². The number of aryl methyl sites for hydroxylation is 1. The molecule has 0 fully saturated rings. The molecule has 0 saturated carbocycles. The van der Waals surface area contributed by atoms with Crippen molar-refractivity contribution < 1.29 is 27.8 Å². The Hall–Kier alpha value is -3.20. The lowest BCUT2D eigenvalue weighted by atomic mass is 10.1. The molecule has 1 aliphatic heterocycles. The third kappa shape index (κ3) is 5.20. The molecule has 0 aromatic heterocycles. The van der Waals surface area contributed by atoms with Gasteiger partial charge in [-0.2, -0.15) is 0 Å². The number of anilines is 2. The fourth-order valence-corrected chi connectivity index (χ4v) is 2.85. The van der Waals surface area contributed by atoms with Crippen LogP contribution in [0.15, 0.2) is 36.4 Å². The van der Waals surface area contributed by atoms with Crippen LogP contribution < -0.4 is 20.1 Å². The number of carbonyl (C=O) groups excluding carboxylic acids is 2. The average molecular weight is 405 g/mol. The number of rotatable bonds is 6. The number of benzene rings is 2. The molecule has 7 nitrogen and oxygen atoms in total. The molecule has 1 heterocycles. The highest BCUT2D eigenvalue weighted by Crippen LogP contribution is 2.42. The van der Waals surface area contributed by atoms with E-state index in [-0.39, 0.29) is 36.2 Å². The molecule has 0 atom stereocenters.